The first-order chi connectivity index (χ1) is 10.1. The highest BCUT2D eigenvalue weighted by atomic mass is 16.5. The van der Waals surface area contributed by atoms with Gasteiger partial charge >= 0.3 is 6.03 Å². The fourth-order valence-corrected chi connectivity index (χ4v) is 3.49. The molecule has 2 amide bonds. The van der Waals surface area contributed by atoms with Gasteiger partial charge in [-0.25, -0.2) is 4.79 Å². The third kappa shape index (κ3) is 3.20. The van der Waals surface area contributed by atoms with Crippen LogP contribution in [-0.2, 0) is 6.54 Å². The van der Waals surface area contributed by atoms with Gasteiger partial charge in [0, 0.05) is 31.7 Å². The fraction of sp³-hybridized carbons (Fsp3) is 0.733. The second-order valence-electron chi connectivity index (χ2n) is 6.23. The molecule has 116 valence electrons. The molecule has 21 heavy (non-hydrogen) atoms. The second kappa shape index (κ2) is 6.05. The molecule has 0 aliphatic carbocycles. The fourth-order valence-electron chi connectivity index (χ4n) is 3.49. The molecule has 0 radical (unpaired) electrons. The molecule has 2 unspecified atom stereocenters. The smallest absolute Gasteiger partial charge is 0.317 e. The van der Waals surface area contributed by atoms with E-state index in [1.165, 1.54) is 25.8 Å². The van der Waals surface area contributed by atoms with Gasteiger partial charge in [0.1, 0.15) is 11.5 Å². The van der Waals surface area contributed by atoms with Crippen LogP contribution in [0.1, 0.15) is 37.1 Å². The van der Waals surface area contributed by atoms with Crippen LogP contribution in [0.5, 0.6) is 0 Å². The maximum Gasteiger partial charge on any atom is 0.317 e. The van der Waals surface area contributed by atoms with Gasteiger partial charge in [-0.3, -0.25) is 4.90 Å². The highest BCUT2D eigenvalue weighted by molar-refractivity contribution is 5.74. The molecule has 1 aromatic rings. The maximum absolute atomic E-state index is 12.3. The van der Waals surface area contributed by atoms with Gasteiger partial charge in [-0.2, -0.15) is 0 Å². The number of amides is 2. The number of piperidine rings is 1. The molecule has 2 atom stereocenters. The molecule has 0 bridgehead atoms. The van der Waals surface area contributed by atoms with Crippen LogP contribution in [0.2, 0.25) is 0 Å². The summed E-state index contributed by atoms with van der Waals surface area (Å²) in [7, 11) is 1.80. The number of nitrogens with one attached hydrogen (secondary N) is 1. The van der Waals surface area contributed by atoms with Crippen molar-refractivity contribution in [3.63, 3.8) is 0 Å². The highest BCUT2D eigenvalue weighted by Crippen LogP contribution is 2.27. The lowest BCUT2D eigenvalue weighted by Gasteiger charge is -2.33. The quantitative estimate of drug-likeness (QED) is 0.922. The first kappa shape index (κ1) is 14.4. The van der Waals surface area contributed by atoms with Crippen molar-refractivity contribution in [3.8, 4) is 0 Å². The van der Waals surface area contributed by atoms with Gasteiger partial charge in [-0.05, 0) is 32.7 Å². The zero-order chi connectivity index (χ0) is 14.8. The maximum atomic E-state index is 12.3. The zero-order valence-corrected chi connectivity index (χ0v) is 12.8. The standard InChI is InChI=1S/C15H24N4O2/c1-11-9-12(17-21-11)10-18(2)15(20)16-13-6-8-19-7-4-3-5-14(13)19/h9,13-14H,3-8,10H2,1-2H3,(H,16,20). The molecule has 2 saturated heterocycles. The number of nitrogens with zero attached hydrogens (tertiary/aromatic N) is 3. The molecular formula is C15H24N4O2. The summed E-state index contributed by atoms with van der Waals surface area (Å²) < 4.78 is 5.03. The summed E-state index contributed by atoms with van der Waals surface area (Å²) in [6.45, 7) is 4.63. The number of urea groups is 1. The minimum absolute atomic E-state index is 0.0203. The molecule has 0 aromatic carbocycles. The van der Waals surface area contributed by atoms with Gasteiger partial charge in [0.15, 0.2) is 0 Å². The number of aromatic nitrogens is 1. The normalized spacial score (nSPS) is 25.6. The summed E-state index contributed by atoms with van der Waals surface area (Å²) in [4.78, 5) is 16.5. The highest BCUT2D eigenvalue weighted by Gasteiger charge is 2.36. The van der Waals surface area contributed by atoms with Gasteiger partial charge < -0.3 is 14.7 Å². The summed E-state index contributed by atoms with van der Waals surface area (Å²) >= 11 is 0. The van der Waals surface area contributed by atoms with Crippen molar-refractivity contribution >= 4 is 6.03 Å². The van der Waals surface area contributed by atoms with E-state index in [4.69, 9.17) is 4.52 Å². The van der Waals surface area contributed by atoms with E-state index in [1.807, 2.05) is 13.0 Å². The Morgan fingerprint density at radius 2 is 2.33 bits per heavy atom. The molecule has 6 heteroatoms. The number of hydrogen-bond acceptors (Lipinski definition) is 4. The Morgan fingerprint density at radius 3 is 3.10 bits per heavy atom. The minimum Gasteiger partial charge on any atom is -0.361 e. The first-order valence-electron chi connectivity index (χ1n) is 7.81. The van der Waals surface area contributed by atoms with Crippen molar-refractivity contribution in [2.24, 2.45) is 0 Å². The summed E-state index contributed by atoms with van der Waals surface area (Å²) in [5.74, 6) is 0.771. The lowest BCUT2D eigenvalue weighted by Crippen LogP contribution is -2.49. The van der Waals surface area contributed by atoms with E-state index in [2.05, 4.69) is 15.4 Å². The average molecular weight is 292 g/mol. The van der Waals surface area contributed by atoms with Gasteiger partial charge in [-0.15, -0.1) is 0 Å². The summed E-state index contributed by atoms with van der Waals surface area (Å²) in [5.41, 5.74) is 0.788. The summed E-state index contributed by atoms with van der Waals surface area (Å²) in [6, 6.07) is 2.67. The van der Waals surface area contributed by atoms with Crippen LogP contribution < -0.4 is 5.32 Å². The van der Waals surface area contributed by atoms with E-state index in [-0.39, 0.29) is 6.03 Å². The van der Waals surface area contributed by atoms with Crippen LogP contribution in [0.25, 0.3) is 0 Å². The van der Waals surface area contributed by atoms with E-state index in [0.717, 1.165) is 24.4 Å². The zero-order valence-electron chi connectivity index (χ0n) is 12.8. The summed E-state index contributed by atoms with van der Waals surface area (Å²) in [5, 5.41) is 7.12. The van der Waals surface area contributed by atoms with Crippen molar-refractivity contribution in [1.82, 2.24) is 20.3 Å². The Kier molecular flexibility index (Phi) is 4.14. The Morgan fingerprint density at radius 1 is 1.48 bits per heavy atom. The van der Waals surface area contributed by atoms with E-state index < -0.39 is 0 Å². The SMILES string of the molecule is Cc1cc(CN(C)C(=O)NC2CCN3CCCCC23)no1. The van der Waals surface area contributed by atoms with Crippen LogP contribution in [0.4, 0.5) is 4.79 Å². The van der Waals surface area contributed by atoms with Crippen molar-refractivity contribution in [2.45, 2.75) is 51.2 Å². The van der Waals surface area contributed by atoms with E-state index in [0.29, 0.717) is 18.6 Å². The molecule has 2 fully saturated rings. The predicted molar refractivity (Wildman–Crippen MR) is 78.9 cm³/mol. The Hall–Kier alpha value is -1.56. The average Bonchev–Trinajstić information content (AvgIpc) is 3.06. The topological polar surface area (TPSA) is 61.6 Å². The predicted octanol–water partition coefficient (Wildman–Crippen LogP) is 1.75. The number of hydrogen-bond donors (Lipinski definition) is 1. The number of aryl methyl sites for hydroxylation is 1. The minimum atomic E-state index is -0.0203. The third-order valence-electron chi connectivity index (χ3n) is 4.59. The van der Waals surface area contributed by atoms with Crippen molar-refractivity contribution < 1.29 is 9.32 Å². The van der Waals surface area contributed by atoms with E-state index >= 15 is 0 Å². The first-order valence-corrected chi connectivity index (χ1v) is 7.81. The molecule has 1 N–H and O–H groups in total. The van der Waals surface area contributed by atoms with Gasteiger partial charge in [0.25, 0.3) is 0 Å². The molecule has 1 aromatic heterocycles. The molecule has 3 heterocycles. The van der Waals surface area contributed by atoms with Gasteiger partial charge in [0.2, 0.25) is 0 Å². The molecule has 6 nitrogen and oxygen atoms in total. The number of rotatable bonds is 3. The van der Waals surface area contributed by atoms with Crippen LogP contribution in [0.3, 0.4) is 0 Å². The lowest BCUT2D eigenvalue weighted by molar-refractivity contribution is 0.170. The third-order valence-corrected chi connectivity index (χ3v) is 4.59. The largest absolute Gasteiger partial charge is 0.361 e. The monoisotopic (exact) mass is 292 g/mol. The molecular weight excluding hydrogens is 268 g/mol. The molecule has 2 aliphatic heterocycles. The molecule has 3 rings (SSSR count). The number of carbonyl (C=O) groups excluding carboxylic acids is 1. The van der Waals surface area contributed by atoms with Gasteiger partial charge in [-0.1, -0.05) is 11.6 Å². The van der Waals surface area contributed by atoms with Crippen LogP contribution in [0, 0.1) is 6.92 Å². The van der Waals surface area contributed by atoms with Crippen LogP contribution in [-0.4, -0.2) is 53.2 Å². The van der Waals surface area contributed by atoms with Gasteiger partial charge in [0.05, 0.1) is 6.54 Å². The van der Waals surface area contributed by atoms with Crippen LogP contribution in [0.15, 0.2) is 10.6 Å². The number of carbonyl (C=O) groups is 1. The van der Waals surface area contributed by atoms with Crippen LogP contribution >= 0.6 is 0 Å². The number of fused-ring (bicyclic) bond motifs is 1. The molecule has 0 saturated carbocycles. The van der Waals surface area contributed by atoms with E-state index in [1.54, 1.807) is 11.9 Å². The Labute approximate surface area is 125 Å². The molecule has 2 aliphatic rings. The molecule has 0 spiro atoms. The van der Waals surface area contributed by atoms with Crippen molar-refractivity contribution in [1.29, 1.82) is 0 Å². The Balaban J connectivity index is 1.53. The summed E-state index contributed by atoms with van der Waals surface area (Å²) in [6.07, 6.45) is 4.84. The van der Waals surface area contributed by atoms with Crippen molar-refractivity contribution in [2.75, 3.05) is 20.1 Å². The lowest BCUT2D eigenvalue weighted by atomic mass is 9.99. The van der Waals surface area contributed by atoms with E-state index in [9.17, 15) is 4.79 Å². The van der Waals surface area contributed by atoms with Crippen molar-refractivity contribution in [3.05, 3.63) is 17.5 Å². The Bertz CT molecular complexity index is 502. The second-order valence-corrected chi connectivity index (χ2v) is 6.23.